The van der Waals surface area contributed by atoms with E-state index < -0.39 is 20.0 Å². The van der Waals surface area contributed by atoms with E-state index in [1.54, 1.807) is 45.3 Å². The van der Waals surface area contributed by atoms with Gasteiger partial charge >= 0.3 is 0 Å². The Labute approximate surface area is 788 Å². The third-order valence-electron chi connectivity index (χ3n) is 24.4. The van der Waals surface area contributed by atoms with Crippen LogP contribution in [0.15, 0.2) is 224 Å². The molecule has 0 radical (unpaired) electrons. The first kappa shape index (κ1) is 95.7. The van der Waals surface area contributed by atoms with Gasteiger partial charge in [-0.2, -0.15) is 26.3 Å². The van der Waals surface area contributed by atoms with E-state index in [0.29, 0.717) is 51.3 Å². The Bertz CT molecular complexity index is 7270. The zero-order valence-corrected chi connectivity index (χ0v) is 79.6. The number of anilines is 4. The van der Waals surface area contributed by atoms with Gasteiger partial charge in [-0.05, 0) is 210 Å². The number of ether oxygens (including phenoxy) is 3. The summed E-state index contributed by atoms with van der Waals surface area (Å²) < 4.78 is 80.0. The molecule has 0 spiro atoms. The number of aromatic nitrogens is 5. The summed E-state index contributed by atoms with van der Waals surface area (Å²) in [6, 6.07) is 82.6. The Kier molecular flexibility index (Phi) is 29.8. The van der Waals surface area contributed by atoms with E-state index in [1.807, 2.05) is 233 Å². The maximum atomic E-state index is 12.4. The van der Waals surface area contributed by atoms with Crippen LogP contribution in [0.3, 0.4) is 0 Å². The maximum absolute atomic E-state index is 12.4. The van der Waals surface area contributed by atoms with Gasteiger partial charge in [-0.25, -0.2) is 16.8 Å². The van der Waals surface area contributed by atoms with E-state index in [4.69, 9.17) is 14.2 Å². The molecule has 18 rings (SSSR count). The maximum Gasteiger partial charge on any atom is 0.253 e. The normalized spacial score (nSPS) is 12.5. The molecule has 135 heavy (non-hydrogen) atoms. The summed E-state index contributed by atoms with van der Waals surface area (Å²) in [6.45, 7) is 23.5. The van der Waals surface area contributed by atoms with Gasteiger partial charge in [0.15, 0.2) is 0 Å². The van der Waals surface area contributed by atoms with Crippen molar-refractivity contribution in [3.63, 3.8) is 0 Å². The Morgan fingerprint density at radius 1 is 0.415 bits per heavy atom. The first-order valence-electron chi connectivity index (χ1n) is 45.6. The van der Waals surface area contributed by atoms with Crippen LogP contribution in [-0.2, 0) is 62.4 Å². The number of nitriles is 5. The minimum atomic E-state index is -3.34. The molecule has 15 aromatic rings. The van der Waals surface area contributed by atoms with Crippen molar-refractivity contribution in [3.8, 4) is 104 Å². The summed E-state index contributed by atoms with van der Waals surface area (Å²) in [5.74, 6) is 2.59. The van der Waals surface area contributed by atoms with Crippen LogP contribution in [0.5, 0.6) is 17.2 Å². The molecule has 0 unspecified atom stereocenters. The Balaban J connectivity index is 0.000000135. The zero-order chi connectivity index (χ0) is 96.1. The zero-order valence-electron chi connectivity index (χ0n) is 78.0. The molecule has 5 aromatic heterocycles. The number of aryl methyl sites for hydroxylation is 5. The molecule has 2 saturated carbocycles. The molecule has 3 aliphatic rings. The fraction of sp³-hybridized carbons (Fsp3) is 0.278. The van der Waals surface area contributed by atoms with Gasteiger partial charge in [-0.3, -0.25) is 23.4 Å². The number of amides is 3. The number of methoxy groups -OCH3 is 3. The Hall–Kier alpha value is -15.3. The van der Waals surface area contributed by atoms with Crippen molar-refractivity contribution < 1.29 is 45.4 Å². The number of carbonyl (C=O) groups excluding carboxylic acids is 3. The number of nitrogens with zero attached hydrogens (tertiary/aromatic N) is 12. The molecule has 0 bridgehead atoms. The van der Waals surface area contributed by atoms with Crippen molar-refractivity contribution in [2.45, 2.75) is 139 Å². The molecule has 25 nitrogen and oxygen atoms in total. The van der Waals surface area contributed by atoms with Gasteiger partial charge < -0.3 is 52.6 Å². The number of rotatable bonds is 27. The average Bonchev–Trinajstić information content (AvgIpc) is 1.61. The highest BCUT2D eigenvalue weighted by molar-refractivity contribution is 7.93. The van der Waals surface area contributed by atoms with Gasteiger partial charge in [-0.1, -0.05) is 125 Å². The summed E-state index contributed by atoms with van der Waals surface area (Å²) >= 11 is 0. The van der Waals surface area contributed by atoms with Gasteiger partial charge in [0.2, 0.25) is 31.9 Å². The molecule has 27 heteroatoms. The van der Waals surface area contributed by atoms with Crippen LogP contribution in [0.2, 0.25) is 0 Å². The topological polar surface area (TPSA) is 333 Å². The number of carbonyl (C=O) groups is 3. The van der Waals surface area contributed by atoms with E-state index >= 15 is 0 Å². The van der Waals surface area contributed by atoms with Crippen LogP contribution in [0.1, 0.15) is 139 Å². The van der Waals surface area contributed by atoms with E-state index in [-0.39, 0.29) is 40.6 Å². The highest BCUT2D eigenvalue weighted by Gasteiger charge is 2.36. The minimum Gasteiger partial charge on any atom is -0.497 e. The van der Waals surface area contributed by atoms with Crippen LogP contribution >= 0.6 is 0 Å². The van der Waals surface area contributed by atoms with Gasteiger partial charge in [0.1, 0.15) is 47.6 Å². The van der Waals surface area contributed by atoms with Gasteiger partial charge in [0.25, 0.3) is 5.91 Å². The van der Waals surface area contributed by atoms with Crippen LogP contribution in [0.25, 0.3) is 111 Å². The standard InChI is InChI=1S/C23H27N3O3S.C22H23N3O3S.C21H19N3O2.C21H19N3O.C21H21N3O/c1-5-14-25-22-15-19(29-4)12-13-20(22)21(16-24)23(25)17-8-10-18(11-9-17)26(6-2)30(27,28)7-3;1-3-12-25-21-13-17(28-2)8-11-19(21)20(14-23)22(25)15-4-6-16(7-5-15)24-29(26,27)18-9-10-18;1-3-24-19-12-16(26-2)8-9-17(19)18(13-22)20(24)14-4-6-15(7-5-14)21(25)23-10-11-23;1-2-24-19-6-4-3-5-17(19)18(13-22)20(24)14-9-11-16(12-10-14)23-21(25)15-7-8-15;1-4-24-19-8-6-5-7-17(19)18(13-22)20(24)15-9-11-16(12-10-15)23-21(25)14(2)3/h8-13,15H,5-7,14H2,1-4H3;4-8,11,13,18,24H,3,9-10,12H2,1-2H3;4-9,12H,3,10-11H2,1-2H3;3-6,9-12,15H,2,7-8H2,1H3,(H,23,25);5-12,14H,4H2,1-3H3,(H,23,25). The Morgan fingerprint density at radius 3 is 1.09 bits per heavy atom. The van der Waals surface area contributed by atoms with Crippen LogP contribution in [0.4, 0.5) is 22.7 Å². The summed E-state index contributed by atoms with van der Waals surface area (Å²) in [4.78, 5) is 37.7. The van der Waals surface area contributed by atoms with E-state index in [9.17, 15) is 57.5 Å². The number of sulfonamides is 2. The second-order valence-corrected chi connectivity index (χ2v) is 37.5. The van der Waals surface area contributed by atoms with Crippen molar-refractivity contribution in [2.75, 3.05) is 66.4 Å². The molecule has 3 amide bonds. The lowest BCUT2D eigenvalue weighted by Crippen LogP contribution is -2.31. The van der Waals surface area contributed by atoms with E-state index in [1.165, 1.54) is 4.31 Å². The van der Waals surface area contributed by atoms with E-state index in [2.05, 4.69) is 103 Å². The number of fused-ring (bicyclic) bond motifs is 5. The second-order valence-electron chi connectivity index (χ2n) is 33.4. The highest BCUT2D eigenvalue weighted by atomic mass is 32.2. The monoisotopic (exact) mass is 1840 g/mol. The highest BCUT2D eigenvalue weighted by Crippen LogP contribution is 2.43. The molecule has 1 saturated heterocycles. The van der Waals surface area contributed by atoms with Crippen molar-refractivity contribution in [2.24, 2.45) is 11.8 Å². The number of hydrogen-bond donors (Lipinski definition) is 3. The molecular weight excluding hydrogens is 1730 g/mol. The van der Waals surface area contributed by atoms with Gasteiger partial charge in [-0.15, -0.1) is 0 Å². The first-order valence-corrected chi connectivity index (χ1v) is 48.8. The molecule has 1 aliphatic heterocycles. The molecule has 6 heterocycles. The van der Waals surface area contributed by atoms with Crippen molar-refractivity contribution in [1.82, 2.24) is 27.7 Å². The van der Waals surface area contributed by atoms with Gasteiger partial charge in [0, 0.05) is 143 Å². The number of benzene rings is 10. The summed E-state index contributed by atoms with van der Waals surface area (Å²) in [7, 11) is -1.74. The lowest BCUT2D eigenvalue weighted by atomic mass is 10.0. The number of nitrogens with one attached hydrogen (secondary N) is 3. The van der Waals surface area contributed by atoms with Crippen molar-refractivity contribution in [3.05, 3.63) is 258 Å². The largest absolute Gasteiger partial charge is 0.497 e. The minimum absolute atomic E-state index is 0.00636. The molecule has 10 aromatic carbocycles. The van der Waals surface area contributed by atoms with E-state index in [0.717, 1.165) is 224 Å². The van der Waals surface area contributed by atoms with Crippen molar-refractivity contribution in [1.29, 1.82) is 26.3 Å². The third kappa shape index (κ3) is 20.2. The molecule has 3 fully saturated rings. The average molecular weight is 1840 g/mol. The van der Waals surface area contributed by atoms with Crippen LogP contribution in [-0.4, -0.2) is 114 Å². The van der Waals surface area contributed by atoms with Crippen molar-refractivity contribution >= 4 is 115 Å². The van der Waals surface area contributed by atoms with Gasteiger partial charge in [0.05, 0.1) is 111 Å². The smallest absolute Gasteiger partial charge is 0.253 e. The predicted octanol–water partition coefficient (Wildman–Crippen LogP) is 22.3. The SMILES string of the molecule is CCCn1c(-c2ccc(N(CC)S(=O)(=O)CC)cc2)c(C#N)c2ccc(OC)cc21.CCCn1c(-c2ccc(NS(=O)(=O)C3CC3)cc2)c(C#N)c2ccc(OC)cc21.CCn1c(-c2ccc(C(=O)N3CC3)cc2)c(C#N)c2ccc(OC)cc21.CCn1c(-c2ccc(NC(=O)C(C)C)cc2)c(C#N)c2ccccc21.CCn1c(-c2ccc(NC(=O)C3CC3)cc2)c(C#N)c2ccccc21. The summed E-state index contributed by atoms with van der Waals surface area (Å²) in [5, 5.41) is 59.2. The molecule has 2 aliphatic carbocycles. The molecule has 3 N–H and O–H groups in total. The fourth-order valence-electron chi connectivity index (χ4n) is 17.2. The molecule has 0 atom stereocenters. The Morgan fingerprint density at radius 2 is 0.756 bits per heavy atom. The number of hydrogen-bond acceptors (Lipinski definition) is 15. The van der Waals surface area contributed by atoms with Crippen LogP contribution < -0.4 is 33.9 Å². The lowest BCUT2D eigenvalue weighted by Gasteiger charge is -2.22. The fourth-order valence-corrected chi connectivity index (χ4v) is 19.8. The molecule has 688 valence electrons. The quantitative estimate of drug-likeness (QED) is 0.0403. The second kappa shape index (κ2) is 42.0. The summed E-state index contributed by atoms with van der Waals surface area (Å²) in [5.41, 5.74) is 20.8. The molecular formula is C108H109N15O10S2. The predicted molar refractivity (Wildman–Crippen MR) is 536 cm³/mol. The first-order chi connectivity index (χ1) is 65.3. The summed E-state index contributed by atoms with van der Waals surface area (Å²) in [6.07, 6.45) is 5.25. The third-order valence-corrected chi connectivity index (χ3v) is 28.2. The van der Waals surface area contributed by atoms with Crippen LogP contribution in [0, 0.1) is 68.5 Å². The lowest BCUT2D eigenvalue weighted by molar-refractivity contribution is -0.119. The number of para-hydroxylation sites is 2.